The molecule has 3 aromatic heterocycles. The lowest BCUT2D eigenvalue weighted by molar-refractivity contribution is 0.0523. The van der Waals surface area contributed by atoms with Gasteiger partial charge in [0.05, 0.1) is 36.1 Å². The van der Waals surface area contributed by atoms with Gasteiger partial charge in [-0.15, -0.1) is 0 Å². The Labute approximate surface area is 210 Å². The normalized spacial score (nSPS) is 11.8. The van der Waals surface area contributed by atoms with E-state index in [2.05, 4.69) is 15.0 Å². The zero-order valence-electron chi connectivity index (χ0n) is 20.0. The summed E-state index contributed by atoms with van der Waals surface area (Å²) in [5.41, 5.74) is 1.26. The molecule has 10 nitrogen and oxygen atoms in total. The number of aryl methyl sites for hydroxylation is 1. The third-order valence-corrected chi connectivity index (χ3v) is 5.82. The van der Waals surface area contributed by atoms with Gasteiger partial charge in [-0.3, -0.25) is 14.3 Å². The van der Waals surface area contributed by atoms with Crippen LogP contribution in [-0.4, -0.2) is 43.2 Å². The monoisotopic (exact) mass is 498 g/mol. The molecule has 0 aliphatic carbocycles. The number of rotatable bonds is 5. The average molecular weight is 498 g/mol. The lowest BCUT2D eigenvalue weighted by Gasteiger charge is -2.03. The van der Waals surface area contributed by atoms with E-state index in [0.29, 0.717) is 27.9 Å². The molecule has 5 rings (SSSR count). The van der Waals surface area contributed by atoms with Gasteiger partial charge in [0.1, 0.15) is 11.3 Å². The lowest BCUT2D eigenvalue weighted by Crippen LogP contribution is -2.22. The van der Waals surface area contributed by atoms with Gasteiger partial charge in [0.25, 0.3) is 5.91 Å². The number of furan rings is 1. The first-order chi connectivity index (χ1) is 17.9. The van der Waals surface area contributed by atoms with Crippen LogP contribution in [-0.2, 0) is 11.3 Å². The second-order valence-corrected chi connectivity index (χ2v) is 8.21. The molecule has 0 aliphatic rings. The van der Waals surface area contributed by atoms with Gasteiger partial charge in [0, 0.05) is 16.3 Å². The van der Waals surface area contributed by atoms with E-state index in [-0.39, 0.29) is 46.9 Å². The number of hydrogen-bond acceptors (Lipinski definition) is 8. The van der Waals surface area contributed by atoms with Crippen molar-refractivity contribution in [3.8, 4) is 11.8 Å². The summed E-state index contributed by atoms with van der Waals surface area (Å²) in [5, 5.41) is 22.0. The van der Waals surface area contributed by atoms with Crippen LogP contribution in [0.3, 0.4) is 0 Å². The smallest absolute Gasteiger partial charge is 0.343 e. The molecule has 0 fully saturated rings. The molecule has 5 aromatic rings. The van der Waals surface area contributed by atoms with E-state index in [1.165, 1.54) is 29.0 Å². The van der Waals surface area contributed by atoms with Gasteiger partial charge in [0.2, 0.25) is 11.8 Å². The zero-order chi connectivity index (χ0) is 26.1. The average Bonchev–Trinajstić information content (AvgIpc) is 3.44. The third-order valence-electron chi connectivity index (χ3n) is 5.82. The molecule has 0 saturated heterocycles. The Morgan fingerprint density at radius 3 is 2.43 bits per heavy atom. The third kappa shape index (κ3) is 4.40. The summed E-state index contributed by atoms with van der Waals surface area (Å²) in [6, 6.07) is 14.8. The van der Waals surface area contributed by atoms with Crippen molar-refractivity contribution in [1.29, 1.82) is 0 Å². The summed E-state index contributed by atoms with van der Waals surface area (Å²) in [6.45, 7) is 3.51. The molecule has 2 aromatic carbocycles. The van der Waals surface area contributed by atoms with Gasteiger partial charge < -0.3 is 19.4 Å². The van der Waals surface area contributed by atoms with Crippen LogP contribution in [0.25, 0.3) is 21.8 Å². The Kier molecular flexibility index (Phi) is 6.14. The molecule has 0 atom stereocenters. The van der Waals surface area contributed by atoms with Gasteiger partial charge in [-0.2, -0.15) is 4.99 Å². The predicted molar refractivity (Wildman–Crippen MR) is 133 cm³/mol. The summed E-state index contributed by atoms with van der Waals surface area (Å²) in [4.78, 5) is 39.1. The molecular weight excluding hydrogens is 476 g/mol. The minimum absolute atomic E-state index is 0.0161. The Balaban J connectivity index is 1.64. The predicted octanol–water partition coefficient (Wildman–Crippen LogP) is 3.86. The lowest BCUT2D eigenvalue weighted by atomic mass is 10.1. The summed E-state index contributed by atoms with van der Waals surface area (Å²) in [7, 11) is 0. The standard InChI is InChI=1S/C27H22N4O6/c1-3-36-27(35)22-15(2)28-20-8-4-5-9-21(20)29-23(22)30-24(32)16-10-11-18-19(13-16)26(34)31(25(18)33)14-17-7-6-12-37-17/h4-13,33-34H,3,14H2,1-2H3. The highest BCUT2D eigenvalue weighted by atomic mass is 16.5. The number of ether oxygens (including phenoxy) is 1. The highest BCUT2D eigenvalue weighted by Gasteiger charge is 2.20. The number of hydrogen-bond donors (Lipinski definition) is 2. The van der Waals surface area contributed by atoms with E-state index in [4.69, 9.17) is 9.15 Å². The number of benzene rings is 2. The Morgan fingerprint density at radius 1 is 1.00 bits per heavy atom. The fourth-order valence-electron chi connectivity index (χ4n) is 4.06. The number of esters is 1. The number of fused-ring (bicyclic) bond motifs is 2. The summed E-state index contributed by atoms with van der Waals surface area (Å²) in [6.07, 6.45) is 1.49. The Morgan fingerprint density at radius 2 is 1.73 bits per heavy atom. The second kappa shape index (κ2) is 9.57. The fourth-order valence-corrected chi connectivity index (χ4v) is 4.06. The topological polar surface area (TPSA) is 140 Å². The molecule has 3 heterocycles. The molecule has 37 heavy (non-hydrogen) atoms. The van der Waals surface area contributed by atoms with E-state index in [1.54, 1.807) is 50.2 Å². The molecule has 0 bridgehead atoms. The van der Waals surface area contributed by atoms with Gasteiger partial charge in [-0.1, -0.05) is 12.1 Å². The van der Waals surface area contributed by atoms with Crippen LogP contribution in [0.5, 0.6) is 11.8 Å². The first-order valence-corrected chi connectivity index (χ1v) is 11.5. The summed E-state index contributed by atoms with van der Waals surface area (Å²) >= 11 is 0. The number of aromatic nitrogens is 3. The molecule has 0 aliphatic heterocycles. The first-order valence-electron chi connectivity index (χ1n) is 11.5. The van der Waals surface area contributed by atoms with Crippen LogP contribution in [0.2, 0.25) is 0 Å². The molecule has 0 saturated carbocycles. The highest BCUT2D eigenvalue weighted by molar-refractivity contribution is 6.02. The van der Waals surface area contributed by atoms with Crippen molar-refractivity contribution in [2.24, 2.45) is 4.99 Å². The maximum atomic E-state index is 13.3. The number of aromatic hydroxyl groups is 2. The van der Waals surface area contributed by atoms with Crippen molar-refractivity contribution < 1.29 is 29.0 Å². The highest BCUT2D eigenvalue weighted by Crippen LogP contribution is 2.37. The molecule has 0 spiro atoms. The molecule has 2 N–H and O–H groups in total. The summed E-state index contributed by atoms with van der Waals surface area (Å²) in [5.74, 6) is -1.27. The van der Waals surface area contributed by atoms with Crippen LogP contribution in [0.1, 0.15) is 39.1 Å². The van der Waals surface area contributed by atoms with Crippen molar-refractivity contribution in [1.82, 2.24) is 14.5 Å². The molecule has 10 heteroatoms. The quantitative estimate of drug-likeness (QED) is 0.348. The zero-order valence-corrected chi connectivity index (χ0v) is 20.0. The Bertz CT molecular complexity index is 1740. The molecular formula is C27H22N4O6. The fraction of sp³-hybridized carbons (Fsp3) is 0.148. The van der Waals surface area contributed by atoms with Crippen LogP contribution >= 0.6 is 0 Å². The van der Waals surface area contributed by atoms with Crippen LogP contribution in [0.4, 0.5) is 0 Å². The first kappa shape index (κ1) is 23.7. The van der Waals surface area contributed by atoms with Gasteiger partial charge in [0.15, 0.2) is 5.49 Å². The van der Waals surface area contributed by atoms with Crippen molar-refractivity contribution in [2.75, 3.05) is 6.61 Å². The van der Waals surface area contributed by atoms with Gasteiger partial charge >= 0.3 is 5.97 Å². The minimum Gasteiger partial charge on any atom is -0.494 e. The van der Waals surface area contributed by atoms with E-state index in [9.17, 15) is 19.8 Å². The van der Waals surface area contributed by atoms with Crippen molar-refractivity contribution in [3.05, 3.63) is 88.9 Å². The van der Waals surface area contributed by atoms with E-state index >= 15 is 0 Å². The molecule has 0 unspecified atom stereocenters. The van der Waals surface area contributed by atoms with Crippen LogP contribution in [0.15, 0.2) is 70.3 Å². The van der Waals surface area contributed by atoms with Crippen LogP contribution in [0, 0.1) is 6.92 Å². The summed E-state index contributed by atoms with van der Waals surface area (Å²) < 4.78 is 11.8. The second-order valence-electron chi connectivity index (χ2n) is 8.21. The molecule has 0 radical (unpaired) electrons. The minimum atomic E-state index is -0.702. The van der Waals surface area contributed by atoms with Crippen molar-refractivity contribution in [3.63, 3.8) is 0 Å². The van der Waals surface area contributed by atoms with Crippen molar-refractivity contribution >= 4 is 33.7 Å². The largest absolute Gasteiger partial charge is 0.494 e. The SMILES string of the molecule is CCOC(=O)c1c(C)nc2ccccc2nc1=NC(=O)c1ccc2c(O)n(Cc3ccco3)c(O)c2c1. The maximum Gasteiger partial charge on any atom is 0.343 e. The number of para-hydroxylation sites is 2. The maximum absolute atomic E-state index is 13.3. The number of amides is 1. The molecule has 1 amide bonds. The molecule has 186 valence electrons. The van der Waals surface area contributed by atoms with Gasteiger partial charge in [-0.05, 0) is 56.3 Å². The van der Waals surface area contributed by atoms with Crippen LogP contribution < -0.4 is 5.49 Å². The van der Waals surface area contributed by atoms with E-state index in [1.807, 2.05) is 0 Å². The van der Waals surface area contributed by atoms with E-state index in [0.717, 1.165) is 0 Å². The number of carbonyl (C=O) groups excluding carboxylic acids is 2. The van der Waals surface area contributed by atoms with Crippen molar-refractivity contribution in [2.45, 2.75) is 20.4 Å². The number of nitrogens with zero attached hydrogens (tertiary/aromatic N) is 4. The Hall–Kier alpha value is -4.99. The number of carbonyl (C=O) groups is 2. The van der Waals surface area contributed by atoms with E-state index < -0.39 is 11.9 Å². The van der Waals surface area contributed by atoms with Gasteiger partial charge in [-0.25, -0.2) is 9.78 Å².